The number of hydrogen-bond donors (Lipinski definition) is 2. The van der Waals surface area contributed by atoms with Crippen molar-refractivity contribution >= 4 is 34.8 Å². The lowest BCUT2D eigenvalue weighted by atomic mass is 9.93. The molecule has 1 aromatic carbocycles. The van der Waals surface area contributed by atoms with Crippen LogP contribution in [0, 0.1) is 5.92 Å². The van der Waals surface area contributed by atoms with Crippen LogP contribution < -0.4 is 16.0 Å². The summed E-state index contributed by atoms with van der Waals surface area (Å²) >= 11 is 12.4. The van der Waals surface area contributed by atoms with Gasteiger partial charge in [0.05, 0.1) is 16.2 Å². The van der Waals surface area contributed by atoms with Crippen molar-refractivity contribution in [3.05, 3.63) is 34.4 Å². The van der Waals surface area contributed by atoms with Crippen molar-refractivity contribution < 1.29 is 0 Å². The maximum atomic E-state index is 6.28. The Kier molecular flexibility index (Phi) is 4.24. The zero-order valence-corrected chi connectivity index (χ0v) is 14.7. The topological polar surface area (TPSA) is 67.1 Å². The number of nitrogens with zero attached hydrogens (tertiary/aromatic N) is 3. The molecule has 24 heavy (non-hydrogen) atoms. The summed E-state index contributed by atoms with van der Waals surface area (Å²) in [6, 6.07) is 6.07. The Bertz CT molecular complexity index is 767. The highest BCUT2D eigenvalue weighted by Gasteiger charge is 2.33. The lowest BCUT2D eigenvalue weighted by molar-refractivity contribution is 0.375. The summed E-state index contributed by atoms with van der Waals surface area (Å²) in [7, 11) is 0. The number of rotatable bonds is 2. The van der Waals surface area contributed by atoms with Crippen LogP contribution in [0.25, 0.3) is 11.3 Å². The van der Waals surface area contributed by atoms with E-state index in [2.05, 4.69) is 20.2 Å². The van der Waals surface area contributed by atoms with E-state index in [1.807, 2.05) is 12.1 Å². The molecule has 0 bridgehead atoms. The molecule has 2 saturated heterocycles. The number of halogens is 2. The molecule has 3 heterocycles. The first kappa shape index (κ1) is 15.9. The van der Waals surface area contributed by atoms with E-state index in [0.717, 1.165) is 31.9 Å². The minimum absolute atomic E-state index is 0.378. The number of anilines is 2. The first-order valence-corrected chi connectivity index (χ1v) is 8.94. The molecule has 3 N–H and O–H groups in total. The third-order valence-corrected chi connectivity index (χ3v) is 5.79. The van der Waals surface area contributed by atoms with Gasteiger partial charge in [-0.1, -0.05) is 35.3 Å². The molecule has 5 nitrogen and oxygen atoms in total. The van der Waals surface area contributed by atoms with Gasteiger partial charge in [0.15, 0.2) is 5.82 Å². The Hall–Kier alpha value is -1.56. The summed E-state index contributed by atoms with van der Waals surface area (Å²) in [6.45, 7) is 3.09. The van der Waals surface area contributed by atoms with Gasteiger partial charge in [0, 0.05) is 24.7 Å². The van der Waals surface area contributed by atoms with Crippen LogP contribution >= 0.6 is 23.2 Å². The van der Waals surface area contributed by atoms with Crippen molar-refractivity contribution in [2.24, 2.45) is 5.92 Å². The van der Waals surface area contributed by atoms with E-state index in [9.17, 15) is 0 Å². The lowest BCUT2D eigenvalue weighted by Gasteiger charge is -2.35. The summed E-state index contributed by atoms with van der Waals surface area (Å²) in [5.74, 6) is 1.90. The van der Waals surface area contributed by atoms with Crippen LogP contribution in [0.15, 0.2) is 24.4 Å². The van der Waals surface area contributed by atoms with Crippen LogP contribution in [0.1, 0.15) is 12.8 Å². The van der Waals surface area contributed by atoms with E-state index < -0.39 is 0 Å². The average molecular weight is 364 g/mol. The van der Waals surface area contributed by atoms with Crippen LogP contribution in [-0.4, -0.2) is 35.6 Å². The predicted molar refractivity (Wildman–Crippen MR) is 98.6 cm³/mol. The van der Waals surface area contributed by atoms with Crippen LogP contribution in [0.2, 0.25) is 10.0 Å². The third-order valence-electron chi connectivity index (χ3n) is 4.97. The number of nitrogens with two attached hydrogens (primary N) is 1. The molecule has 0 aliphatic carbocycles. The molecule has 1 aromatic heterocycles. The summed E-state index contributed by atoms with van der Waals surface area (Å²) in [5.41, 5.74) is 7.45. The fraction of sp³-hybridized carbons (Fsp3) is 0.412. The van der Waals surface area contributed by atoms with Gasteiger partial charge in [0.25, 0.3) is 0 Å². The second kappa shape index (κ2) is 6.39. The molecule has 2 aliphatic heterocycles. The Morgan fingerprint density at radius 2 is 2.12 bits per heavy atom. The van der Waals surface area contributed by atoms with E-state index in [-0.39, 0.29) is 0 Å². The Morgan fingerprint density at radius 3 is 2.96 bits per heavy atom. The maximum absolute atomic E-state index is 6.28. The molecular weight excluding hydrogens is 345 g/mol. The Balaban J connectivity index is 1.61. The van der Waals surface area contributed by atoms with E-state index in [0.29, 0.717) is 39.1 Å². The Labute approximate surface area is 151 Å². The summed E-state index contributed by atoms with van der Waals surface area (Å²) < 4.78 is 0. The second-order valence-electron chi connectivity index (χ2n) is 6.41. The molecule has 126 valence electrons. The molecule has 0 amide bonds. The molecule has 2 unspecified atom stereocenters. The first-order chi connectivity index (χ1) is 11.6. The van der Waals surface area contributed by atoms with E-state index >= 15 is 0 Å². The number of aromatic nitrogens is 2. The molecule has 2 atom stereocenters. The normalized spacial score (nSPS) is 23.3. The first-order valence-electron chi connectivity index (χ1n) is 8.18. The average Bonchev–Trinajstić information content (AvgIpc) is 3.05. The van der Waals surface area contributed by atoms with Gasteiger partial charge in [-0.2, -0.15) is 0 Å². The number of piperidine rings is 1. The summed E-state index contributed by atoms with van der Waals surface area (Å²) in [4.78, 5) is 11.4. The molecule has 0 radical (unpaired) electrons. The highest BCUT2D eigenvalue weighted by atomic mass is 35.5. The van der Waals surface area contributed by atoms with Crippen molar-refractivity contribution in [2.45, 2.75) is 18.9 Å². The Morgan fingerprint density at radius 1 is 1.25 bits per heavy atom. The summed E-state index contributed by atoms with van der Waals surface area (Å²) in [5, 5.41) is 4.50. The molecule has 0 saturated carbocycles. The number of nitrogen functional groups attached to an aromatic ring is 1. The molecular formula is C17H19Cl2N5. The standard InChI is InChI=1S/C17H19Cl2N5/c18-12-3-1-2-11(15(12)19)16-17(20)23-14(8-22-16)24-7-5-13-10(9-24)4-6-21-13/h1-3,8,10,13,21H,4-7,9H2,(H2,20,23). The zero-order chi connectivity index (χ0) is 16.7. The predicted octanol–water partition coefficient (Wildman–Crippen LogP) is 3.22. The van der Waals surface area contributed by atoms with E-state index in [1.54, 1.807) is 12.3 Å². The van der Waals surface area contributed by atoms with Gasteiger partial charge in [-0.15, -0.1) is 0 Å². The van der Waals surface area contributed by atoms with E-state index in [1.165, 1.54) is 6.42 Å². The molecule has 2 aromatic rings. The number of fused-ring (bicyclic) bond motifs is 1. The van der Waals surface area contributed by atoms with Crippen LogP contribution in [0.3, 0.4) is 0 Å². The monoisotopic (exact) mass is 363 g/mol. The largest absolute Gasteiger partial charge is 0.382 e. The van der Waals surface area contributed by atoms with Gasteiger partial charge in [-0.25, -0.2) is 9.97 Å². The van der Waals surface area contributed by atoms with Crippen LogP contribution in [-0.2, 0) is 0 Å². The second-order valence-corrected chi connectivity index (χ2v) is 7.19. The van der Waals surface area contributed by atoms with Gasteiger partial charge >= 0.3 is 0 Å². The SMILES string of the molecule is Nc1nc(N2CCC3NCCC3C2)cnc1-c1cccc(Cl)c1Cl. The number of benzene rings is 1. The van der Waals surface area contributed by atoms with Crippen LogP contribution in [0.4, 0.5) is 11.6 Å². The quantitative estimate of drug-likeness (QED) is 0.857. The molecule has 4 rings (SSSR count). The van der Waals surface area contributed by atoms with Gasteiger partial charge in [0.2, 0.25) is 0 Å². The third kappa shape index (κ3) is 2.81. The van der Waals surface area contributed by atoms with Crippen molar-refractivity contribution in [1.82, 2.24) is 15.3 Å². The molecule has 2 aliphatic rings. The van der Waals surface area contributed by atoms with Crippen molar-refractivity contribution in [2.75, 3.05) is 30.3 Å². The smallest absolute Gasteiger partial charge is 0.152 e. The van der Waals surface area contributed by atoms with Gasteiger partial charge < -0.3 is 16.0 Å². The minimum atomic E-state index is 0.378. The van der Waals surface area contributed by atoms with Gasteiger partial charge in [-0.05, 0) is 31.4 Å². The molecule has 2 fully saturated rings. The highest BCUT2D eigenvalue weighted by Crippen LogP contribution is 2.35. The van der Waals surface area contributed by atoms with Crippen molar-refractivity contribution in [1.29, 1.82) is 0 Å². The fourth-order valence-corrected chi connectivity index (χ4v) is 4.09. The fourth-order valence-electron chi connectivity index (χ4n) is 3.70. The van der Waals surface area contributed by atoms with Crippen molar-refractivity contribution in [3.63, 3.8) is 0 Å². The van der Waals surface area contributed by atoms with Gasteiger partial charge in [0.1, 0.15) is 11.5 Å². The molecule has 0 spiro atoms. The molecule has 7 heteroatoms. The lowest BCUT2D eigenvalue weighted by Crippen LogP contribution is -2.44. The van der Waals surface area contributed by atoms with Crippen molar-refractivity contribution in [3.8, 4) is 11.3 Å². The number of hydrogen-bond acceptors (Lipinski definition) is 5. The summed E-state index contributed by atoms with van der Waals surface area (Å²) in [6.07, 6.45) is 4.14. The zero-order valence-electron chi connectivity index (χ0n) is 13.2. The van der Waals surface area contributed by atoms with Gasteiger partial charge in [-0.3, -0.25) is 0 Å². The minimum Gasteiger partial charge on any atom is -0.382 e. The maximum Gasteiger partial charge on any atom is 0.152 e. The van der Waals surface area contributed by atoms with Crippen LogP contribution in [0.5, 0.6) is 0 Å². The van der Waals surface area contributed by atoms with E-state index in [4.69, 9.17) is 28.9 Å². The highest BCUT2D eigenvalue weighted by molar-refractivity contribution is 6.43. The number of nitrogens with one attached hydrogen (secondary N) is 1.